The Morgan fingerprint density at radius 3 is 2.33 bits per heavy atom. The molecule has 1 unspecified atom stereocenters. The van der Waals surface area contributed by atoms with E-state index in [-0.39, 0.29) is 0 Å². The van der Waals surface area contributed by atoms with Gasteiger partial charge in [0.2, 0.25) is 0 Å². The number of rotatable bonds is 2. The standard InChI is InChI=1S/C13H21N3.C2H6/c1-11(2)16-9-8-15(3)13(10-16)12-4-6-14-7-5-12;1-2/h4-7,11,13H,8-10H2,1-3H3;1-2H3. The van der Waals surface area contributed by atoms with Crippen LogP contribution in [0.15, 0.2) is 24.5 Å². The lowest BCUT2D eigenvalue weighted by Crippen LogP contribution is -2.49. The van der Waals surface area contributed by atoms with E-state index in [1.807, 2.05) is 26.2 Å². The number of hydrogen-bond acceptors (Lipinski definition) is 3. The Kier molecular flexibility index (Phi) is 6.30. The van der Waals surface area contributed by atoms with Crippen molar-refractivity contribution in [2.24, 2.45) is 0 Å². The van der Waals surface area contributed by atoms with Crippen LogP contribution in [0.3, 0.4) is 0 Å². The molecule has 1 saturated heterocycles. The summed E-state index contributed by atoms with van der Waals surface area (Å²) in [5, 5.41) is 0. The summed E-state index contributed by atoms with van der Waals surface area (Å²) in [4.78, 5) is 9.07. The maximum absolute atomic E-state index is 4.09. The molecule has 18 heavy (non-hydrogen) atoms. The van der Waals surface area contributed by atoms with Crippen molar-refractivity contribution in [2.75, 3.05) is 26.7 Å². The molecule has 0 amide bonds. The molecule has 1 aliphatic heterocycles. The highest BCUT2D eigenvalue weighted by molar-refractivity contribution is 5.16. The van der Waals surface area contributed by atoms with Gasteiger partial charge in [-0.3, -0.25) is 14.8 Å². The smallest absolute Gasteiger partial charge is 0.0473 e. The van der Waals surface area contributed by atoms with E-state index in [4.69, 9.17) is 0 Å². The van der Waals surface area contributed by atoms with E-state index in [1.54, 1.807) is 0 Å². The molecular formula is C15H27N3. The van der Waals surface area contributed by atoms with Crippen molar-refractivity contribution in [1.82, 2.24) is 14.8 Å². The molecule has 0 bridgehead atoms. The highest BCUT2D eigenvalue weighted by Gasteiger charge is 2.26. The summed E-state index contributed by atoms with van der Waals surface area (Å²) in [7, 11) is 2.21. The minimum Gasteiger partial charge on any atom is -0.298 e. The summed E-state index contributed by atoms with van der Waals surface area (Å²) < 4.78 is 0. The van der Waals surface area contributed by atoms with E-state index in [0.29, 0.717) is 12.1 Å². The number of likely N-dealkylation sites (N-methyl/N-ethyl adjacent to an activating group) is 1. The summed E-state index contributed by atoms with van der Waals surface area (Å²) in [6.07, 6.45) is 3.77. The molecule has 1 aromatic rings. The molecule has 0 aliphatic carbocycles. The minimum atomic E-state index is 0.513. The fraction of sp³-hybridized carbons (Fsp3) is 0.667. The molecule has 1 aliphatic rings. The summed E-state index contributed by atoms with van der Waals surface area (Å²) in [5.41, 5.74) is 1.38. The molecule has 0 N–H and O–H groups in total. The van der Waals surface area contributed by atoms with Gasteiger partial charge in [-0.05, 0) is 38.6 Å². The van der Waals surface area contributed by atoms with Crippen molar-refractivity contribution in [3.63, 3.8) is 0 Å². The first kappa shape index (κ1) is 15.1. The Morgan fingerprint density at radius 2 is 1.78 bits per heavy atom. The van der Waals surface area contributed by atoms with Gasteiger partial charge in [0.25, 0.3) is 0 Å². The summed E-state index contributed by atoms with van der Waals surface area (Å²) in [6.45, 7) is 12.0. The van der Waals surface area contributed by atoms with Crippen molar-refractivity contribution in [1.29, 1.82) is 0 Å². The van der Waals surface area contributed by atoms with E-state index >= 15 is 0 Å². The molecule has 102 valence electrons. The van der Waals surface area contributed by atoms with Gasteiger partial charge in [0.05, 0.1) is 0 Å². The van der Waals surface area contributed by atoms with Crippen LogP contribution >= 0.6 is 0 Å². The van der Waals surface area contributed by atoms with Crippen LogP contribution in [-0.4, -0.2) is 47.5 Å². The molecule has 1 aromatic heterocycles. The molecule has 1 atom stereocenters. The molecule has 0 radical (unpaired) electrons. The maximum atomic E-state index is 4.09. The van der Waals surface area contributed by atoms with Crippen molar-refractivity contribution < 1.29 is 0 Å². The first-order valence-electron chi connectivity index (χ1n) is 7.02. The molecule has 1 fully saturated rings. The van der Waals surface area contributed by atoms with E-state index in [9.17, 15) is 0 Å². The summed E-state index contributed by atoms with van der Waals surface area (Å²) in [5.74, 6) is 0. The van der Waals surface area contributed by atoms with Crippen LogP contribution in [0.25, 0.3) is 0 Å². The Bertz CT molecular complexity index is 324. The molecule has 2 heterocycles. The van der Waals surface area contributed by atoms with Gasteiger partial charge in [-0.1, -0.05) is 13.8 Å². The van der Waals surface area contributed by atoms with E-state index in [1.165, 1.54) is 12.1 Å². The van der Waals surface area contributed by atoms with Crippen molar-refractivity contribution in [3.8, 4) is 0 Å². The minimum absolute atomic E-state index is 0.513. The van der Waals surface area contributed by atoms with E-state index in [2.05, 4.69) is 47.8 Å². The number of aromatic nitrogens is 1. The fourth-order valence-electron chi connectivity index (χ4n) is 2.31. The number of nitrogens with zero attached hydrogens (tertiary/aromatic N) is 3. The molecule has 0 spiro atoms. The van der Waals surface area contributed by atoms with E-state index in [0.717, 1.165) is 13.1 Å². The molecule has 3 heteroatoms. The predicted molar refractivity (Wildman–Crippen MR) is 77.7 cm³/mol. The SMILES string of the molecule is CC.CC(C)N1CCN(C)C(c2ccncc2)C1. The van der Waals surface area contributed by atoms with Crippen molar-refractivity contribution in [2.45, 2.75) is 39.8 Å². The third kappa shape index (κ3) is 3.79. The van der Waals surface area contributed by atoms with Crippen LogP contribution in [0.1, 0.15) is 39.3 Å². The van der Waals surface area contributed by atoms with Gasteiger partial charge >= 0.3 is 0 Å². The quantitative estimate of drug-likeness (QED) is 0.803. The van der Waals surface area contributed by atoms with Crippen LogP contribution < -0.4 is 0 Å². The Balaban J connectivity index is 0.000000771. The zero-order valence-electron chi connectivity index (χ0n) is 12.4. The number of hydrogen-bond donors (Lipinski definition) is 0. The lowest BCUT2D eigenvalue weighted by Gasteiger charge is -2.41. The molecule has 0 aromatic carbocycles. The topological polar surface area (TPSA) is 19.4 Å². The average Bonchev–Trinajstić information content (AvgIpc) is 2.42. The lowest BCUT2D eigenvalue weighted by molar-refractivity contribution is 0.0745. The average molecular weight is 249 g/mol. The van der Waals surface area contributed by atoms with Gasteiger partial charge in [0.1, 0.15) is 0 Å². The highest BCUT2D eigenvalue weighted by Crippen LogP contribution is 2.24. The van der Waals surface area contributed by atoms with Crippen LogP contribution in [0.5, 0.6) is 0 Å². The third-order valence-corrected chi connectivity index (χ3v) is 3.50. The summed E-state index contributed by atoms with van der Waals surface area (Å²) in [6, 6.07) is 5.41. The Hall–Kier alpha value is -0.930. The second-order valence-electron chi connectivity index (χ2n) is 4.87. The lowest BCUT2D eigenvalue weighted by atomic mass is 10.0. The maximum Gasteiger partial charge on any atom is 0.0473 e. The second kappa shape index (κ2) is 7.49. The van der Waals surface area contributed by atoms with Crippen LogP contribution in [0.2, 0.25) is 0 Å². The predicted octanol–water partition coefficient (Wildman–Crippen LogP) is 2.80. The normalized spacial score (nSPS) is 21.6. The second-order valence-corrected chi connectivity index (χ2v) is 4.87. The van der Waals surface area contributed by atoms with Gasteiger partial charge in [-0.2, -0.15) is 0 Å². The Labute approximate surface area is 112 Å². The molecule has 2 rings (SSSR count). The van der Waals surface area contributed by atoms with Gasteiger partial charge in [0, 0.05) is 44.1 Å². The first-order valence-corrected chi connectivity index (χ1v) is 7.02. The highest BCUT2D eigenvalue weighted by atomic mass is 15.3. The largest absolute Gasteiger partial charge is 0.298 e. The summed E-state index contributed by atoms with van der Waals surface area (Å²) >= 11 is 0. The number of pyridine rings is 1. The van der Waals surface area contributed by atoms with E-state index < -0.39 is 0 Å². The fourth-order valence-corrected chi connectivity index (χ4v) is 2.31. The van der Waals surface area contributed by atoms with Crippen molar-refractivity contribution >= 4 is 0 Å². The van der Waals surface area contributed by atoms with Gasteiger partial charge < -0.3 is 0 Å². The van der Waals surface area contributed by atoms with Gasteiger partial charge in [0.15, 0.2) is 0 Å². The molecule has 0 saturated carbocycles. The Morgan fingerprint density at radius 1 is 1.17 bits per heavy atom. The van der Waals surface area contributed by atoms with Crippen LogP contribution in [0, 0.1) is 0 Å². The molecule has 3 nitrogen and oxygen atoms in total. The zero-order valence-corrected chi connectivity index (χ0v) is 12.4. The third-order valence-electron chi connectivity index (χ3n) is 3.50. The monoisotopic (exact) mass is 249 g/mol. The number of piperazine rings is 1. The van der Waals surface area contributed by atoms with Crippen molar-refractivity contribution in [3.05, 3.63) is 30.1 Å². The van der Waals surface area contributed by atoms with Crippen LogP contribution in [0.4, 0.5) is 0 Å². The first-order chi connectivity index (χ1) is 8.68. The molecular weight excluding hydrogens is 222 g/mol. The van der Waals surface area contributed by atoms with Crippen LogP contribution in [-0.2, 0) is 0 Å². The zero-order chi connectivity index (χ0) is 13.5. The van der Waals surface area contributed by atoms with Gasteiger partial charge in [-0.15, -0.1) is 0 Å². The van der Waals surface area contributed by atoms with Gasteiger partial charge in [-0.25, -0.2) is 0 Å².